The molecule has 0 aliphatic carbocycles. The predicted molar refractivity (Wildman–Crippen MR) is 110 cm³/mol. The van der Waals surface area contributed by atoms with Gasteiger partial charge in [-0.15, -0.1) is 11.3 Å². The van der Waals surface area contributed by atoms with E-state index < -0.39 is 5.97 Å². The van der Waals surface area contributed by atoms with Crippen molar-refractivity contribution in [2.24, 2.45) is 0 Å². The van der Waals surface area contributed by atoms with Gasteiger partial charge in [0.2, 0.25) is 0 Å². The highest BCUT2D eigenvalue weighted by Crippen LogP contribution is 2.27. The van der Waals surface area contributed by atoms with Gasteiger partial charge in [-0.2, -0.15) is 0 Å². The van der Waals surface area contributed by atoms with E-state index in [2.05, 4.69) is 9.97 Å². The molecule has 0 radical (unpaired) electrons. The molecule has 1 aromatic carbocycles. The molecule has 152 valence electrons. The number of aromatic nitrogens is 2. The van der Waals surface area contributed by atoms with Gasteiger partial charge >= 0.3 is 5.97 Å². The van der Waals surface area contributed by atoms with Crippen molar-refractivity contribution >= 4 is 33.3 Å². The molecule has 2 heterocycles. The maximum Gasteiger partial charge on any atom is 0.338 e. The Kier molecular flexibility index (Phi) is 6.24. The fraction of sp³-hybridized carbons (Fsp3) is 0.333. The zero-order chi connectivity index (χ0) is 21.1. The molecule has 7 nitrogen and oxygen atoms in total. The summed E-state index contributed by atoms with van der Waals surface area (Å²) >= 11 is 1.17. The minimum Gasteiger partial charge on any atom is -0.454 e. The SMILES string of the molecule is CC(=O)c1sc2nc(COC(=O)c3ccc(COC(C)C)cc3)[nH]c(=O)c2c1C. The van der Waals surface area contributed by atoms with Crippen LogP contribution in [-0.4, -0.2) is 27.8 Å². The number of carbonyl (C=O) groups excluding carboxylic acids is 2. The van der Waals surface area contributed by atoms with Crippen LogP contribution in [0, 0.1) is 6.92 Å². The largest absolute Gasteiger partial charge is 0.454 e. The van der Waals surface area contributed by atoms with Gasteiger partial charge in [-0.1, -0.05) is 12.1 Å². The predicted octanol–water partition coefficient (Wildman–Crippen LogP) is 3.78. The summed E-state index contributed by atoms with van der Waals surface area (Å²) in [7, 11) is 0. The first kappa shape index (κ1) is 20.9. The van der Waals surface area contributed by atoms with Crippen molar-refractivity contribution < 1.29 is 19.1 Å². The summed E-state index contributed by atoms with van der Waals surface area (Å²) in [5.74, 6) is -0.398. The minimum atomic E-state index is -0.518. The number of thiophene rings is 1. The van der Waals surface area contributed by atoms with E-state index in [-0.39, 0.29) is 29.9 Å². The number of benzene rings is 1. The molecule has 8 heteroatoms. The van der Waals surface area contributed by atoms with E-state index in [1.54, 1.807) is 19.1 Å². The fourth-order valence-electron chi connectivity index (χ4n) is 2.81. The third-order valence-electron chi connectivity index (χ3n) is 4.28. The second kappa shape index (κ2) is 8.67. The Balaban J connectivity index is 1.71. The standard InChI is InChI=1S/C21H22N2O5S/c1-11(2)27-9-14-5-7-15(8-6-14)21(26)28-10-16-22-19(25)17-12(3)18(13(4)24)29-20(17)23-16/h5-8,11H,9-10H2,1-4H3,(H,22,23,25). The van der Waals surface area contributed by atoms with Crippen molar-refractivity contribution in [3.63, 3.8) is 0 Å². The number of hydrogen-bond acceptors (Lipinski definition) is 7. The van der Waals surface area contributed by atoms with Crippen LogP contribution in [0.4, 0.5) is 0 Å². The molecule has 0 amide bonds. The van der Waals surface area contributed by atoms with Crippen molar-refractivity contribution in [1.29, 1.82) is 0 Å². The summed E-state index contributed by atoms with van der Waals surface area (Å²) in [5.41, 5.74) is 1.63. The molecule has 0 fully saturated rings. The minimum absolute atomic E-state index is 0.111. The van der Waals surface area contributed by atoms with E-state index in [1.165, 1.54) is 18.3 Å². The van der Waals surface area contributed by atoms with Crippen molar-refractivity contribution in [2.45, 2.75) is 47.0 Å². The Labute approximate surface area is 171 Å². The van der Waals surface area contributed by atoms with Gasteiger partial charge in [0.25, 0.3) is 5.56 Å². The molecule has 0 unspecified atom stereocenters. The Bertz CT molecular complexity index is 1110. The van der Waals surface area contributed by atoms with Crippen LogP contribution in [0.25, 0.3) is 10.2 Å². The van der Waals surface area contributed by atoms with E-state index in [4.69, 9.17) is 9.47 Å². The summed E-state index contributed by atoms with van der Waals surface area (Å²) in [4.78, 5) is 44.3. The average molecular weight is 414 g/mol. The van der Waals surface area contributed by atoms with Crippen LogP contribution in [0.15, 0.2) is 29.1 Å². The molecular weight excluding hydrogens is 392 g/mol. The van der Waals surface area contributed by atoms with Gasteiger partial charge in [-0.05, 0) is 51.0 Å². The third-order valence-corrected chi connectivity index (χ3v) is 5.57. The normalized spacial score (nSPS) is 11.2. The molecule has 0 aliphatic heterocycles. The second-order valence-electron chi connectivity index (χ2n) is 6.94. The Morgan fingerprint density at radius 3 is 2.48 bits per heavy atom. The summed E-state index contributed by atoms with van der Waals surface area (Å²) < 4.78 is 10.8. The van der Waals surface area contributed by atoms with Gasteiger partial charge < -0.3 is 14.5 Å². The number of ketones is 1. The van der Waals surface area contributed by atoms with E-state index in [1.807, 2.05) is 26.0 Å². The Hall–Kier alpha value is -2.84. The molecule has 0 atom stereocenters. The van der Waals surface area contributed by atoms with Crippen molar-refractivity contribution in [3.8, 4) is 0 Å². The summed E-state index contributed by atoms with van der Waals surface area (Å²) in [6, 6.07) is 6.96. The lowest BCUT2D eigenvalue weighted by Crippen LogP contribution is -2.14. The lowest BCUT2D eigenvalue weighted by molar-refractivity contribution is 0.0461. The number of fused-ring (bicyclic) bond motifs is 1. The third kappa shape index (κ3) is 4.78. The zero-order valence-corrected chi connectivity index (χ0v) is 17.5. The van der Waals surface area contributed by atoms with Crippen molar-refractivity contribution in [3.05, 3.63) is 62.0 Å². The number of nitrogens with one attached hydrogen (secondary N) is 1. The van der Waals surface area contributed by atoms with Crippen molar-refractivity contribution in [2.75, 3.05) is 0 Å². The quantitative estimate of drug-likeness (QED) is 0.467. The first-order valence-corrected chi connectivity index (χ1v) is 9.98. The van der Waals surface area contributed by atoms with E-state index >= 15 is 0 Å². The monoisotopic (exact) mass is 414 g/mol. The molecule has 2 aromatic heterocycles. The highest BCUT2D eigenvalue weighted by Gasteiger charge is 2.17. The van der Waals surface area contributed by atoms with Crippen LogP contribution in [0.2, 0.25) is 0 Å². The zero-order valence-electron chi connectivity index (χ0n) is 16.7. The maximum atomic E-state index is 12.4. The molecule has 0 saturated carbocycles. The van der Waals surface area contributed by atoms with Gasteiger partial charge in [0.1, 0.15) is 17.3 Å². The highest BCUT2D eigenvalue weighted by atomic mass is 32.1. The van der Waals surface area contributed by atoms with Gasteiger partial charge in [-0.25, -0.2) is 9.78 Å². The molecule has 1 N–H and O–H groups in total. The first-order valence-electron chi connectivity index (χ1n) is 9.17. The number of Topliss-reactive ketones (excluding diaryl/α,β-unsaturated/α-hetero) is 1. The van der Waals surface area contributed by atoms with Crippen LogP contribution in [-0.2, 0) is 22.7 Å². The maximum absolute atomic E-state index is 12.4. The Morgan fingerprint density at radius 1 is 1.17 bits per heavy atom. The topological polar surface area (TPSA) is 98.3 Å². The molecule has 3 aromatic rings. The first-order chi connectivity index (χ1) is 13.8. The lowest BCUT2D eigenvalue weighted by Gasteiger charge is -2.08. The number of aromatic amines is 1. The number of rotatable bonds is 7. The van der Waals surface area contributed by atoms with Gasteiger partial charge in [0, 0.05) is 0 Å². The highest BCUT2D eigenvalue weighted by molar-refractivity contribution is 7.20. The van der Waals surface area contributed by atoms with Crippen molar-refractivity contribution in [1.82, 2.24) is 9.97 Å². The number of ether oxygens (including phenoxy) is 2. The second-order valence-corrected chi connectivity index (χ2v) is 7.94. The molecule has 0 bridgehead atoms. The fourth-order valence-corrected chi connectivity index (χ4v) is 3.91. The van der Waals surface area contributed by atoms with Crippen LogP contribution >= 0.6 is 11.3 Å². The van der Waals surface area contributed by atoms with Crippen LogP contribution < -0.4 is 5.56 Å². The molecule has 29 heavy (non-hydrogen) atoms. The van der Waals surface area contributed by atoms with Gasteiger partial charge in [-0.3, -0.25) is 9.59 Å². The lowest BCUT2D eigenvalue weighted by atomic mass is 10.1. The van der Waals surface area contributed by atoms with Crippen LogP contribution in [0.3, 0.4) is 0 Å². The molecule has 0 aliphatic rings. The smallest absolute Gasteiger partial charge is 0.338 e. The number of nitrogens with zero attached hydrogens (tertiary/aromatic N) is 1. The molecule has 0 saturated heterocycles. The Morgan fingerprint density at radius 2 is 1.86 bits per heavy atom. The molecular formula is C21H22N2O5S. The van der Waals surface area contributed by atoms with E-state index in [0.717, 1.165) is 5.56 Å². The summed E-state index contributed by atoms with van der Waals surface area (Å²) in [6.45, 7) is 7.39. The number of esters is 1. The van der Waals surface area contributed by atoms with Gasteiger partial charge in [0.15, 0.2) is 5.78 Å². The number of hydrogen-bond donors (Lipinski definition) is 1. The summed E-state index contributed by atoms with van der Waals surface area (Å²) in [5, 5.41) is 0.398. The number of carbonyl (C=O) groups is 2. The van der Waals surface area contributed by atoms with Crippen LogP contribution in [0.5, 0.6) is 0 Å². The van der Waals surface area contributed by atoms with E-state index in [9.17, 15) is 14.4 Å². The van der Waals surface area contributed by atoms with E-state index in [0.29, 0.717) is 32.8 Å². The molecule has 3 rings (SSSR count). The molecule has 0 spiro atoms. The number of aryl methyl sites for hydroxylation is 1. The number of H-pyrrole nitrogens is 1. The average Bonchev–Trinajstić information content (AvgIpc) is 3.02. The summed E-state index contributed by atoms with van der Waals surface area (Å²) in [6.07, 6.45) is 0.130. The van der Waals surface area contributed by atoms with Crippen LogP contribution in [0.1, 0.15) is 57.8 Å². The van der Waals surface area contributed by atoms with Gasteiger partial charge in [0.05, 0.1) is 28.5 Å².